The number of carbonyl (C=O) groups excluding carboxylic acids is 1. The fraction of sp³-hybridized carbons (Fsp3) is 0.889. The summed E-state index contributed by atoms with van der Waals surface area (Å²) in [7, 11) is 0. The van der Waals surface area contributed by atoms with Gasteiger partial charge in [-0.1, -0.05) is 12.8 Å². The third kappa shape index (κ3) is 1.39. The number of hydrogen-bond donors (Lipinski definition) is 0. The summed E-state index contributed by atoms with van der Waals surface area (Å²) in [5.74, 6) is 1.37. The lowest BCUT2D eigenvalue weighted by Gasteiger charge is -2.34. The molecule has 2 heteroatoms. The van der Waals surface area contributed by atoms with Crippen LogP contribution >= 0.6 is 0 Å². The van der Waals surface area contributed by atoms with Gasteiger partial charge < -0.3 is 4.74 Å². The monoisotopic (exact) mass is 154 g/mol. The standard InChI is InChI=1S/C9H14O2/c10-9-5-7-3-1-2-4-8(7)6-11-9/h7-8H,1-6H2/t7-,8?/m1/s1. The molecule has 0 radical (unpaired) electrons. The van der Waals surface area contributed by atoms with E-state index in [1.807, 2.05) is 0 Å². The summed E-state index contributed by atoms with van der Waals surface area (Å²) in [6.07, 6.45) is 5.86. The van der Waals surface area contributed by atoms with E-state index in [1.54, 1.807) is 0 Å². The van der Waals surface area contributed by atoms with Gasteiger partial charge in [0, 0.05) is 6.42 Å². The van der Waals surface area contributed by atoms with Gasteiger partial charge in [-0.05, 0) is 24.7 Å². The van der Waals surface area contributed by atoms with Gasteiger partial charge in [-0.25, -0.2) is 0 Å². The van der Waals surface area contributed by atoms with E-state index in [4.69, 9.17) is 4.74 Å². The van der Waals surface area contributed by atoms with Gasteiger partial charge in [-0.2, -0.15) is 0 Å². The maximum atomic E-state index is 10.9. The zero-order chi connectivity index (χ0) is 7.68. The Kier molecular flexibility index (Phi) is 1.84. The van der Waals surface area contributed by atoms with Gasteiger partial charge >= 0.3 is 5.97 Å². The van der Waals surface area contributed by atoms with Crippen molar-refractivity contribution in [2.24, 2.45) is 11.8 Å². The predicted octanol–water partition coefficient (Wildman–Crippen LogP) is 1.74. The highest BCUT2D eigenvalue weighted by molar-refractivity contribution is 5.70. The second-order valence-electron chi connectivity index (χ2n) is 3.69. The van der Waals surface area contributed by atoms with Crippen molar-refractivity contribution >= 4 is 5.97 Å². The van der Waals surface area contributed by atoms with Crippen LogP contribution in [-0.4, -0.2) is 12.6 Å². The predicted molar refractivity (Wildman–Crippen MR) is 41.0 cm³/mol. The summed E-state index contributed by atoms with van der Waals surface area (Å²) in [5.41, 5.74) is 0. The zero-order valence-corrected chi connectivity index (χ0v) is 6.71. The Morgan fingerprint density at radius 3 is 2.73 bits per heavy atom. The van der Waals surface area contributed by atoms with Crippen LogP contribution in [0.2, 0.25) is 0 Å². The molecular formula is C9H14O2. The molecule has 0 amide bonds. The number of carbonyl (C=O) groups is 1. The number of hydrogen-bond acceptors (Lipinski definition) is 2. The third-order valence-electron chi connectivity index (χ3n) is 2.95. The van der Waals surface area contributed by atoms with Gasteiger partial charge in [0.25, 0.3) is 0 Å². The van der Waals surface area contributed by atoms with E-state index in [0.29, 0.717) is 24.9 Å². The van der Waals surface area contributed by atoms with Crippen molar-refractivity contribution in [3.05, 3.63) is 0 Å². The smallest absolute Gasteiger partial charge is 0.306 e. The highest BCUT2D eigenvalue weighted by atomic mass is 16.5. The summed E-state index contributed by atoms with van der Waals surface area (Å²) < 4.78 is 5.01. The van der Waals surface area contributed by atoms with Crippen LogP contribution in [0.5, 0.6) is 0 Å². The van der Waals surface area contributed by atoms with Crippen LogP contribution < -0.4 is 0 Å². The van der Waals surface area contributed by atoms with Gasteiger partial charge in [0.05, 0.1) is 6.61 Å². The summed E-state index contributed by atoms with van der Waals surface area (Å²) in [6, 6.07) is 0. The second kappa shape index (κ2) is 2.84. The maximum Gasteiger partial charge on any atom is 0.306 e. The van der Waals surface area contributed by atoms with E-state index in [-0.39, 0.29) is 5.97 Å². The molecule has 2 rings (SSSR count). The van der Waals surface area contributed by atoms with Crippen LogP contribution in [0, 0.1) is 11.8 Å². The van der Waals surface area contributed by atoms with Crippen molar-refractivity contribution in [1.29, 1.82) is 0 Å². The lowest BCUT2D eigenvalue weighted by atomic mass is 9.77. The van der Waals surface area contributed by atoms with E-state index in [2.05, 4.69) is 0 Å². The Hall–Kier alpha value is -0.530. The Morgan fingerprint density at radius 1 is 1.18 bits per heavy atom. The van der Waals surface area contributed by atoms with Crippen molar-refractivity contribution in [1.82, 2.24) is 0 Å². The van der Waals surface area contributed by atoms with Crippen LogP contribution in [0.15, 0.2) is 0 Å². The second-order valence-corrected chi connectivity index (χ2v) is 3.69. The third-order valence-corrected chi connectivity index (χ3v) is 2.95. The molecule has 2 aliphatic rings. The fourth-order valence-electron chi connectivity index (χ4n) is 2.25. The molecule has 1 aliphatic carbocycles. The van der Waals surface area contributed by atoms with Crippen molar-refractivity contribution < 1.29 is 9.53 Å². The first-order valence-corrected chi connectivity index (χ1v) is 4.52. The quantitative estimate of drug-likeness (QED) is 0.497. The zero-order valence-electron chi connectivity index (χ0n) is 6.71. The summed E-state index contributed by atoms with van der Waals surface area (Å²) in [5, 5.41) is 0. The minimum atomic E-state index is 0.0214. The molecule has 1 aliphatic heterocycles. The highest BCUT2D eigenvalue weighted by Crippen LogP contribution is 2.35. The van der Waals surface area contributed by atoms with Crippen LogP contribution in [0.1, 0.15) is 32.1 Å². The van der Waals surface area contributed by atoms with E-state index in [9.17, 15) is 4.79 Å². The Labute approximate surface area is 66.9 Å². The van der Waals surface area contributed by atoms with E-state index < -0.39 is 0 Å². The van der Waals surface area contributed by atoms with Crippen molar-refractivity contribution in [3.63, 3.8) is 0 Å². The molecule has 1 heterocycles. The lowest BCUT2D eigenvalue weighted by Crippen LogP contribution is -2.32. The number of ether oxygens (including phenoxy) is 1. The minimum Gasteiger partial charge on any atom is -0.465 e. The molecule has 1 saturated carbocycles. The molecule has 0 bridgehead atoms. The Balaban J connectivity index is 1.98. The normalized spacial score (nSPS) is 37.6. The van der Waals surface area contributed by atoms with Crippen LogP contribution in [0.3, 0.4) is 0 Å². The van der Waals surface area contributed by atoms with Crippen molar-refractivity contribution in [2.75, 3.05) is 6.61 Å². The van der Waals surface area contributed by atoms with Gasteiger partial charge in [0.15, 0.2) is 0 Å². The molecule has 1 saturated heterocycles. The molecule has 11 heavy (non-hydrogen) atoms. The van der Waals surface area contributed by atoms with Gasteiger partial charge in [-0.15, -0.1) is 0 Å². The molecule has 0 aromatic heterocycles. The first-order chi connectivity index (χ1) is 5.36. The van der Waals surface area contributed by atoms with Crippen molar-refractivity contribution in [3.8, 4) is 0 Å². The molecule has 2 atom stereocenters. The lowest BCUT2D eigenvalue weighted by molar-refractivity contribution is -0.154. The maximum absolute atomic E-state index is 10.9. The molecule has 2 nitrogen and oxygen atoms in total. The Bertz CT molecular complexity index is 165. The number of rotatable bonds is 0. The van der Waals surface area contributed by atoms with Crippen LogP contribution in [0.25, 0.3) is 0 Å². The Morgan fingerprint density at radius 2 is 1.91 bits per heavy atom. The summed E-state index contributed by atoms with van der Waals surface area (Å²) >= 11 is 0. The number of esters is 1. The number of fused-ring (bicyclic) bond motifs is 1. The van der Waals surface area contributed by atoms with Crippen molar-refractivity contribution in [2.45, 2.75) is 32.1 Å². The largest absolute Gasteiger partial charge is 0.465 e. The summed E-state index contributed by atoms with van der Waals surface area (Å²) in [6.45, 7) is 0.698. The van der Waals surface area contributed by atoms with E-state index in [1.165, 1.54) is 25.7 Å². The van der Waals surface area contributed by atoms with Crippen LogP contribution in [0.4, 0.5) is 0 Å². The van der Waals surface area contributed by atoms with Gasteiger partial charge in [-0.3, -0.25) is 4.79 Å². The molecule has 0 aromatic carbocycles. The van der Waals surface area contributed by atoms with Gasteiger partial charge in [0.2, 0.25) is 0 Å². The average molecular weight is 154 g/mol. The minimum absolute atomic E-state index is 0.0214. The topological polar surface area (TPSA) is 26.3 Å². The summed E-state index contributed by atoms with van der Waals surface area (Å²) in [4.78, 5) is 10.9. The van der Waals surface area contributed by atoms with Gasteiger partial charge in [0.1, 0.15) is 0 Å². The molecule has 0 spiro atoms. The fourth-order valence-corrected chi connectivity index (χ4v) is 2.25. The SMILES string of the molecule is O=C1C[C@H]2CCCCC2CO1. The number of cyclic esters (lactones) is 1. The molecular weight excluding hydrogens is 140 g/mol. The molecule has 0 aromatic rings. The molecule has 62 valence electrons. The van der Waals surface area contributed by atoms with Crippen LogP contribution in [-0.2, 0) is 9.53 Å². The average Bonchev–Trinajstić information content (AvgIpc) is 2.04. The molecule has 2 fully saturated rings. The molecule has 1 unspecified atom stereocenters. The first-order valence-electron chi connectivity index (χ1n) is 4.52. The highest BCUT2D eigenvalue weighted by Gasteiger charge is 2.32. The molecule has 0 N–H and O–H groups in total. The van der Waals surface area contributed by atoms with E-state index >= 15 is 0 Å². The van der Waals surface area contributed by atoms with E-state index in [0.717, 1.165) is 0 Å². The first kappa shape index (κ1) is 7.14.